The standard InChI is InChI=1S/C20H16F3N3O4S/c21-20(22,23)30-17-11-4-5-12-18(17)31(28,29)26-16-10-6-9-15(13-16)25-19(27)24-14-7-2-1-3-8-14/h1-13,26H,(H2,24,25,27). The maximum absolute atomic E-state index is 12.6. The van der Waals surface area contributed by atoms with Gasteiger partial charge >= 0.3 is 12.4 Å². The summed E-state index contributed by atoms with van der Waals surface area (Å²) < 4.78 is 69.0. The van der Waals surface area contributed by atoms with E-state index in [-0.39, 0.29) is 11.4 Å². The molecule has 0 radical (unpaired) electrons. The number of hydrogen-bond donors (Lipinski definition) is 3. The Kier molecular flexibility index (Phi) is 6.35. The largest absolute Gasteiger partial charge is 0.573 e. The van der Waals surface area contributed by atoms with E-state index < -0.39 is 33.1 Å². The molecule has 0 fully saturated rings. The average molecular weight is 451 g/mol. The normalized spacial score (nSPS) is 11.5. The maximum atomic E-state index is 12.6. The summed E-state index contributed by atoms with van der Waals surface area (Å²) in [4.78, 5) is 11.4. The Bertz CT molecular complexity index is 1170. The molecule has 0 spiro atoms. The Morgan fingerprint density at radius 2 is 1.35 bits per heavy atom. The van der Waals surface area contributed by atoms with Crippen molar-refractivity contribution in [2.24, 2.45) is 0 Å². The van der Waals surface area contributed by atoms with Gasteiger partial charge in [-0.3, -0.25) is 4.72 Å². The second-order valence-corrected chi connectivity index (χ2v) is 7.78. The van der Waals surface area contributed by atoms with Gasteiger partial charge in [-0.25, -0.2) is 13.2 Å². The van der Waals surface area contributed by atoms with Crippen LogP contribution >= 0.6 is 0 Å². The number of amides is 2. The SMILES string of the molecule is O=C(Nc1ccccc1)Nc1cccc(NS(=O)(=O)c2ccccc2OC(F)(F)F)c1. The highest BCUT2D eigenvalue weighted by molar-refractivity contribution is 7.92. The molecule has 0 atom stereocenters. The minimum Gasteiger partial charge on any atom is -0.404 e. The van der Waals surface area contributed by atoms with Crippen LogP contribution in [0.5, 0.6) is 5.75 Å². The van der Waals surface area contributed by atoms with Crippen molar-refractivity contribution in [3.63, 3.8) is 0 Å². The molecule has 0 aliphatic rings. The van der Waals surface area contributed by atoms with Crippen LogP contribution in [0.4, 0.5) is 35.0 Å². The number of ether oxygens (including phenoxy) is 1. The molecule has 0 saturated carbocycles. The van der Waals surface area contributed by atoms with Crippen LogP contribution < -0.4 is 20.1 Å². The first-order valence-electron chi connectivity index (χ1n) is 8.73. The van der Waals surface area contributed by atoms with E-state index >= 15 is 0 Å². The first-order chi connectivity index (χ1) is 14.6. The fourth-order valence-corrected chi connectivity index (χ4v) is 3.75. The number of sulfonamides is 1. The fourth-order valence-electron chi connectivity index (χ4n) is 2.57. The number of para-hydroxylation sites is 2. The van der Waals surface area contributed by atoms with E-state index in [0.717, 1.165) is 12.1 Å². The summed E-state index contributed by atoms with van der Waals surface area (Å²) in [5, 5.41) is 5.14. The molecule has 3 aromatic carbocycles. The van der Waals surface area contributed by atoms with Gasteiger partial charge in [0.1, 0.15) is 10.6 Å². The number of alkyl halides is 3. The highest BCUT2D eigenvalue weighted by Crippen LogP contribution is 2.30. The van der Waals surface area contributed by atoms with Crippen LogP contribution in [0.25, 0.3) is 0 Å². The van der Waals surface area contributed by atoms with Crippen molar-refractivity contribution < 1.29 is 31.1 Å². The Morgan fingerprint density at radius 1 is 0.774 bits per heavy atom. The molecule has 0 aromatic heterocycles. The van der Waals surface area contributed by atoms with Crippen LogP contribution in [0.3, 0.4) is 0 Å². The smallest absolute Gasteiger partial charge is 0.404 e. The molecule has 0 saturated heterocycles. The minimum atomic E-state index is -5.05. The Labute approximate surface area is 175 Å². The molecular formula is C20H16F3N3O4S. The van der Waals surface area contributed by atoms with Crippen molar-refractivity contribution in [1.29, 1.82) is 0 Å². The molecule has 0 bridgehead atoms. The third-order valence-electron chi connectivity index (χ3n) is 3.77. The van der Waals surface area contributed by atoms with Crippen molar-refractivity contribution in [3.05, 3.63) is 78.9 Å². The van der Waals surface area contributed by atoms with E-state index in [9.17, 15) is 26.4 Å². The van der Waals surface area contributed by atoms with Gasteiger partial charge in [0.2, 0.25) is 0 Å². The zero-order valence-electron chi connectivity index (χ0n) is 15.7. The maximum Gasteiger partial charge on any atom is 0.573 e. The van der Waals surface area contributed by atoms with Gasteiger partial charge in [0.25, 0.3) is 10.0 Å². The fraction of sp³-hybridized carbons (Fsp3) is 0.0500. The second-order valence-electron chi connectivity index (χ2n) is 6.13. The van der Waals surface area contributed by atoms with E-state index in [1.54, 1.807) is 30.3 Å². The molecule has 0 unspecified atom stereocenters. The van der Waals surface area contributed by atoms with Gasteiger partial charge in [-0.15, -0.1) is 13.2 Å². The molecule has 11 heteroatoms. The van der Waals surface area contributed by atoms with Gasteiger partial charge in [-0.2, -0.15) is 0 Å². The van der Waals surface area contributed by atoms with Crippen molar-refractivity contribution in [3.8, 4) is 5.75 Å². The number of rotatable bonds is 6. The molecule has 0 aliphatic heterocycles. The number of halogens is 3. The predicted molar refractivity (Wildman–Crippen MR) is 109 cm³/mol. The van der Waals surface area contributed by atoms with Crippen molar-refractivity contribution in [2.45, 2.75) is 11.3 Å². The number of anilines is 3. The van der Waals surface area contributed by atoms with Crippen LogP contribution in [-0.2, 0) is 10.0 Å². The lowest BCUT2D eigenvalue weighted by Gasteiger charge is -2.15. The van der Waals surface area contributed by atoms with Gasteiger partial charge in [-0.1, -0.05) is 36.4 Å². The zero-order valence-corrected chi connectivity index (χ0v) is 16.5. The molecule has 162 valence electrons. The highest BCUT2D eigenvalue weighted by Gasteiger charge is 2.34. The molecule has 3 N–H and O–H groups in total. The highest BCUT2D eigenvalue weighted by atomic mass is 32.2. The van der Waals surface area contributed by atoms with Gasteiger partial charge < -0.3 is 15.4 Å². The van der Waals surface area contributed by atoms with Gasteiger partial charge in [0.15, 0.2) is 0 Å². The van der Waals surface area contributed by atoms with Crippen LogP contribution in [0, 0.1) is 0 Å². The number of benzene rings is 3. The second kappa shape index (κ2) is 8.96. The summed E-state index contributed by atoms with van der Waals surface area (Å²) >= 11 is 0. The van der Waals surface area contributed by atoms with Crippen molar-refractivity contribution in [2.75, 3.05) is 15.4 Å². The predicted octanol–water partition coefficient (Wildman–Crippen LogP) is 5.03. The van der Waals surface area contributed by atoms with Crippen LogP contribution in [-0.4, -0.2) is 20.8 Å². The summed E-state index contributed by atoms with van der Waals surface area (Å²) in [5.74, 6) is -0.862. The number of hydrogen-bond acceptors (Lipinski definition) is 4. The van der Waals surface area contributed by atoms with E-state index in [2.05, 4.69) is 20.1 Å². The van der Waals surface area contributed by atoms with E-state index in [0.29, 0.717) is 5.69 Å². The number of urea groups is 1. The third kappa shape index (κ3) is 6.37. The van der Waals surface area contributed by atoms with Crippen LogP contribution in [0.2, 0.25) is 0 Å². The summed E-state index contributed by atoms with van der Waals surface area (Å²) in [6, 6.07) is 18.1. The van der Waals surface area contributed by atoms with E-state index in [1.165, 1.54) is 36.4 Å². The molecule has 3 aromatic rings. The van der Waals surface area contributed by atoms with Gasteiger partial charge in [-0.05, 0) is 42.5 Å². The molecule has 2 amide bonds. The van der Waals surface area contributed by atoms with Crippen LogP contribution in [0.1, 0.15) is 0 Å². The average Bonchev–Trinajstić information content (AvgIpc) is 2.67. The lowest BCUT2D eigenvalue weighted by atomic mass is 10.3. The minimum absolute atomic E-state index is 0.0272. The quantitative estimate of drug-likeness (QED) is 0.490. The zero-order chi connectivity index (χ0) is 22.5. The van der Waals surface area contributed by atoms with E-state index in [1.807, 2.05) is 0 Å². The third-order valence-corrected chi connectivity index (χ3v) is 5.19. The number of carbonyl (C=O) groups is 1. The van der Waals surface area contributed by atoms with Crippen molar-refractivity contribution in [1.82, 2.24) is 0 Å². The molecular weight excluding hydrogens is 435 g/mol. The summed E-state index contributed by atoms with van der Waals surface area (Å²) in [7, 11) is -4.41. The summed E-state index contributed by atoms with van der Waals surface area (Å²) in [6.45, 7) is 0. The summed E-state index contributed by atoms with van der Waals surface area (Å²) in [6.07, 6.45) is -5.05. The lowest BCUT2D eigenvalue weighted by molar-refractivity contribution is -0.275. The van der Waals surface area contributed by atoms with Gasteiger partial charge in [0.05, 0.1) is 5.69 Å². The van der Waals surface area contributed by atoms with Crippen LogP contribution in [0.15, 0.2) is 83.8 Å². The molecule has 31 heavy (non-hydrogen) atoms. The summed E-state index contributed by atoms with van der Waals surface area (Å²) in [5.41, 5.74) is 0.839. The lowest BCUT2D eigenvalue weighted by Crippen LogP contribution is -2.21. The molecule has 3 rings (SSSR count). The Morgan fingerprint density at radius 3 is 2.06 bits per heavy atom. The number of nitrogens with one attached hydrogen (secondary N) is 3. The number of carbonyl (C=O) groups excluding carboxylic acids is 1. The molecule has 0 aliphatic carbocycles. The topological polar surface area (TPSA) is 96.5 Å². The van der Waals surface area contributed by atoms with E-state index in [4.69, 9.17) is 0 Å². The Balaban J connectivity index is 1.75. The first kappa shape index (κ1) is 22.0. The van der Waals surface area contributed by atoms with Crippen molar-refractivity contribution >= 4 is 33.1 Å². The molecule has 0 heterocycles. The molecule has 7 nitrogen and oxygen atoms in total. The Hall–Kier alpha value is -3.73. The monoisotopic (exact) mass is 451 g/mol. The first-order valence-corrected chi connectivity index (χ1v) is 10.2. The van der Waals surface area contributed by atoms with Gasteiger partial charge in [0, 0.05) is 11.4 Å².